The van der Waals surface area contributed by atoms with Crippen LogP contribution in [0.15, 0.2) is 24.3 Å². The lowest BCUT2D eigenvalue weighted by Gasteiger charge is -2.17. The summed E-state index contributed by atoms with van der Waals surface area (Å²) in [7, 11) is 3.88. The number of nitrogens with one attached hydrogen (secondary N) is 1. The van der Waals surface area contributed by atoms with Crippen molar-refractivity contribution in [2.45, 2.75) is 26.8 Å². The Balaban J connectivity index is 2.21. The third-order valence-corrected chi connectivity index (χ3v) is 3.03. The topological polar surface area (TPSA) is 24.5 Å². The molecule has 19 heavy (non-hydrogen) atoms. The van der Waals surface area contributed by atoms with Crippen LogP contribution in [0.3, 0.4) is 0 Å². The van der Waals surface area contributed by atoms with Gasteiger partial charge in [-0.2, -0.15) is 0 Å². The van der Waals surface area contributed by atoms with Gasteiger partial charge in [0.25, 0.3) is 0 Å². The van der Waals surface area contributed by atoms with E-state index in [1.165, 1.54) is 12.0 Å². The molecular weight excluding hydrogens is 236 g/mol. The number of benzene rings is 1. The van der Waals surface area contributed by atoms with Gasteiger partial charge in [-0.1, -0.05) is 26.0 Å². The Morgan fingerprint density at radius 2 is 2.11 bits per heavy atom. The summed E-state index contributed by atoms with van der Waals surface area (Å²) >= 11 is 0. The van der Waals surface area contributed by atoms with Gasteiger partial charge in [0.2, 0.25) is 0 Å². The van der Waals surface area contributed by atoms with E-state index in [-0.39, 0.29) is 0 Å². The van der Waals surface area contributed by atoms with Crippen molar-refractivity contribution in [1.82, 2.24) is 10.2 Å². The first-order valence-electron chi connectivity index (χ1n) is 7.14. The first kappa shape index (κ1) is 16.0. The van der Waals surface area contributed by atoms with Crippen LogP contribution in [-0.2, 0) is 6.54 Å². The van der Waals surface area contributed by atoms with Crippen molar-refractivity contribution in [3.8, 4) is 5.75 Å². The van der Waals surface area contributed by atoms with Crippen molar-refractivity contribution in [2.24, 2.45) is 5.92 Å². The quantitative estimate of drug-likeness (QED) is 0.694. The third kappa shape index (κ3) is 7.19. The first-order valence-corrected chi connectivity index (χ1v) is 7.14. The van der Waals surface area contributed by atoms with E-state index in [2.05, 4.69) is 43.2 Å². The fraction of sp³-hybridized carbons (Fsp3) is 0.625. The summed E-state index contributed by atoms with van der Waals surface area (Å²) in [6.07, 6.45) is 1.19. The summed E-state index contributed by atoms with van der Waals surface area (Å²) in [6.45, 7) is 8.77. The maximum atomic E-state index is 5.24. The smallest absolute Gasteiger partial charge is 0.119 e. The Bertz CT molecular complexity index is 352. The van der Waals surface area contributed by atoms with Crippen LogP contribution in [0.1, 0.15) is 25.8 Å². The summed E-state index contributed by atoms with van der Waals surface area (Å²) in [5, 5.41) is 3.48. The second-order valence-corrected chi connectivity index (χ2v) is 5.54. The van der Waals surface area contributed by atoms with Gasteiger partial charge in [0.15, 0.2) is 0 Å². The second kappa shape index (κ2) is 8.94. The van der Waals surface area contributed by atoms with Gasteiger partial charge in [-0.25, -0.2) is 0 Å². The molecule has 0 aromatic heterocycles. The van der Waals surface area contributed by atoms with Gasteiger partial charge in [0.1, 0.15) is 5.75 Å². The zero-order chi connectivity index (χ0) is 14.1. The van der Waals surface area contributed by atoms with Gasteiger partial charge < -0.3 is 15.0 Å². The maximum absolute atomic E-state index is 5.24. The first-order chi connectivity index (χ1) is 9.11. The maximum Gasteiger partial charge on any atom is 0.119 e. The van der Waals surface area contributed by atoms with E-state index in [0.717, 1.165) is 37.8 Å². The van der Waals surface area contributed by atoms with Crippen LogP contribution in [-0.4, -0.2) is 38.7 Å². The highest BCUT2D eigenvalue weighted by Gasteiger charge is 2.01. The van der Waals surface area contributed by atoms with E-state index >= 15 is 0 Å². The van der Waals surface area contributed by atoms with E-state index in [4.69, 9.17) is 4.74 Å². The van der Waals surface area contributed by atoms with Gasteiger partial charge in [-0.3, -0.25) is 0 Å². The standard InChI is InChI=1S/C16H28N2O/c1-14(2)12-17-9-6-10-18(3)13-15-7-5-8-16(11-15)19-4/h5,7-8,11,14,17H,6,9-10,12-13H2,1-4H3. The predicted molar refractivity (Wildman–Crippen MR) is 81.7 cm³/mol. The number of rotatable bonds is 9. The number of nitrogens with zero attached hydrogens (tertiary/aromatic N) is 1. The summed E-state index contributed by atoms with van der Waals surface area (Å²) in [4.78, 5) is 2.35. The van der Waals surface area contributed by atoms with Crippen LogP contribution in [0, 0.1) is 5.92 Å². The largest absolute Gasteiger partial charge is 0.497 e. The van der Waals surface area contributed by atoms with Gasteiger partial charge in [-0.15, -0.1) is 0 Å². The number of ether oxygens (including phenoxy) is 1. The zero-order valence-electron chi connectivity index (χ0n) is 12.8. The van der Waals surface area contributed by atoms with Gasteiger partial charge in [0, 0.05) is 6.54 Å². The Hall–Kier alpha value is -1.06. The van der Waals surface area contributed by atoms with E-state index in [1.54, 1.807) is 7.11 Å². The lowest BCUT2D eigenvalue weighted by Crippen LogP contribution is -2.26. The van der Waals surface area contributed by atoms with Crippen molar-refractivity contribution < 1.29 is 4.74 Å². The zero-order valence-corrected chi connectivity index (χ0v) is 12.8. The third-order valence-electron chi connectivity index (χ3n) is 3.03. The SMILES string of the molecule is COc1cccc(CN(C)CCCNCC(C)C)c1. The summed E-state index contributed by atoms with van der Waals surface area (Å²) in [5.41, 5.74) is 1.30. The molecule has 0 aliphatic heterocycles. The minimum atomic E-state index is 0.731. The Morgan fingerprint density at radius 1 is 1.32 bits per heavy atom. The number of methoxy groups -OCH3 is 1. The average molecular weight is 264 g/mol. The van der Waals surface area contributed by atoms with Crippen LogP contribution >= 0.6 is 0 Å². The molecule has 0 saturated heterocycles. The summed E-state index contributed by atoms with van der Waals surface area (Å²) < 4.78 is 5.24. The molecule has 0 bridgehead atoms. The van der Waals surface area contributed by atoms with E-state index in [1.807, 2.05) is 12.1 Å². The number of hydrogen-bond donors (Lipinski definition) is 1. The molecule has 108 valence electrons. The molecule has 0 amide bonds. The molecule has 0 aliphatic carbocycles. The van der Waals surface area contributed by atoms with Crippen LogP contribution in [0.4, 0.5) is 0 Å². The molecule has 1 aromatic carbocycles. The monoisotopic (exact) mass is 264 g/mol. The van der Waals surface area contributed by atoms with Crippen molar-refractivity contribution >= 4 is 0 Å². The molecule has 0 unspecified atom stereocenters. The minimum absolute atomic E-state index is 0.731. The fourth-order valence-electron chi connectivity index (χ4n) is 2.03. The average Bonchev–Trinajstić information content (AvgIpc) is 2.38. The van der Waals surface area contributed by atoms with Gasteiger partial charge in [0.05, 0.1) is 7.11 Å². The molecule has 1 rings (SSSR count). The molecule has 0 spiro atoms. The fourth-order valence-corrected chi connectivity index (χ4v) is 2.03. The van der Waals surface area contributed by atoms with E-state index in [0.29, 0.717) is 0 Å². The molecule has 1 N–H and O–H groups in total. The van der Waals surface area contributed by atoms with Crippen molar-refractivity contribution in [3.05, 3.63) is 29.8 Å². The predicted octanol–water partition coefficient (Wildman–Crippen LogP) is 2.76. The van der Waals surface area contributed by atoms with Crippen molar-refractivity contribution in [2.75, 3.05) is 33.8 Å². The highest BCUT2D eigenvalue weighted by molar-refractivity contribution is 5.28. The highest BCUT2D eigenvalue weighted by Crippen LogP contribution is 2.13. The summed E-state index contributed by atoms with van der Waals surface area (Å²) in [5.74, 6) is 1.67. The van der Waals surface area contributed by atoms with Crippen LogP contribution in [0.5, 0.6) is 5.75 Å². The lowest BCUT2D eigenvalue weighted by molar-refractivity contribution is 0.318. The molecule has 3 heteroatoms. The number of hydrogen-bond acceptors (Lipinski definition) is 3. The highest BCUT2D eigenvalue weighted by atomic mass is 16.5. The normalized spacial score (nSPS) is 11.3. The Kier molecular flexibility index (Phi) is 7.53. The molecular formula is C16H28N2O. The van der Waals surface area contributed by atoms with Crippen molar-refractivity contribution in [3.63, 3.8) is 0 Å². The van der Waals surface area contributed by atoms with E-state index < -0.39 is 0 Å². The molecule has 0 radical (unpaired) electrons. The van der Waals surface area contributed by atoms with Crippen LogP contribution < -0.4 is 10.1 Å². The molecule has 0 aliphatic rings. The molecule has 3 nitrogen and oxygen atoms in total. The molecule has 0 fully saturated rings. The molecule has 0 saturated carbocycles. The Labute approximate surface area is 118 Å². The van der Waals surface area contributed by atoms with Crippen LogP contribution in [0.2, 0.25) is 0 Å². The molecule has 1 aromatic rings. The van der Waals surface area contributed by atoms with Gasteiger partial charge >= 0.3 is 0 Å². The Morgan fingerprint density at radius 3 is 2.79 bits per heavy atom. The van der Waals surface area contributed by atoms with Crippen molar-refractivity contribution in [1.29, 1.82) is 0 Å². The summed E-state index contributed by atoms with van der Waals surface area (Å²) in [6, 6.07) is 8.29. The molecule has 0 atom stereocenters. The lowest BCUT2D eigenvalue weighted by atomic mass is 10.2. The van der Waals surface area contributed by atoms with Gasteiger partial charge in [-0.05, 0) is 56.7 Å². The second-order valence-electron chi connectivity index (χ2n) is 5.54. The minimum Gasteiger partial charge on any atom is -0.497 e. The molecule has 0 heterocycles. The van der Waals surface area contributed by atoms with E-state index in [9.17, 15) is 0 Å². The van der Waals surface area contributed by atoms with Crippen LogP contribution in [0.25, 0.3) is 0 Å².